The number of aromatic nitrogens is 5. The Hall–Kier alpha value is -2.30. The minimum atomic E-state index is 0.576. The first kappa shape index (κ1) is 9.70. The Morgan fingerprint density at radius 1 is 1.06 bits per heavy atom. The zero-order valence-electron chi connectivity index (χ0n) is 9.69. The average molecular weight is 237 g/mol. The summed E-state index contributed by atoms with van der Waals surface area (Å²) in [5.41, 5.74) is 2.84. The van der Waals surface area contributed by atoms with Crippen molar-refractivity contribution in [1.29, 1.82) is 0 Å². The van der Waals surface area contributed by atoms with Gasteiger partial charge in [0.15, 0.2) is 5.82 Å². The number of rotatable bonds is 2. The summed E-state index contributed by atoms with van der Waals surface area (Å²) in [6.07, 6.45) is 7.66. The minimum Gasteiger partial charge on any atom is -0.310 e. The van der Waals surface area contributed by atoms with E-state index in [-0.39, 0.29) is 0 Å². The second kappa shape index (κ2) is 3.60. The number of hydrogen-bond acceptors (Lipinski definition) is 4. The lowest BCUT2D eigenvalue weighted by Gasteiger charge is -2.05. The highest BCUT2D eigenvalue weighted by Gasteiger charge is 2.26. The first-order chi connectivity index (χ1) is 8.92. The van der Waals surface area contributed by atoms with Crippen LogP contribution in [0.4, 0.5) is 0 Å². The maximum Gasteiger partial charge on any atom is 0.164 e. The summed E-state index contributed by atoms with van der Waals surface area (Å²) >= 11 is 0. The molecule has 2 aromatic heterocycles. The van der Waals surface area contributed by atoms with Gasteiger partial charge in [-0.25, -0.2) is 0 Å². The van der Waals surface area contributed by atoms with Gasteiger partial charge in [0.05, 0.1) is 11.0 Å². The fourth-order valence-corrected chi connectivity index (χ4v) is 2.17. The zero-order chi connectivity index (χ0) is 11.9. The quantitative estimate of drug-likeness (QED) is 0.685. The van der Waals surface area contributed by atoms with Gasteiger partial charge in [0, 0.05) is 24.0 Å². The van der Waals surface area contributed by atoms with E-state index in [0.717, 1.165) is 22.4 Å². The van der Waals surface area contributed by atoms with E-state index in [1.807, 2.05) is 24.5 Å². The van der Waals surface area contributed by atoms with E-state index in [0.29, 0.717) is 6.04 Å². The van der Waals surface area contributed by atoms with Crippen LogP contribution in [0, 0.1) is 0 Å². The second-order valence-electron chi connectivity index (χ2n) is 4.55. The van der Waals surface area contributed by atoms with Crippen LogP contribution in [-0.4, -0.2) is 24.7 Å². The van der Waals surface area contributed by atoms with Crippen molar-refractivity contribution in [2.75, 3.05) is 0 Å². The summed E-state index contributed by atoms with van der Waals surface area (Å²) in [6, 6.07) is 6.60. The Bertz CT molecular complexity index is 714. The highest BCUT2D eigenvalue weighted by molar-refractivity contribution is 5.79. The molecule has 3 aromatic rings. The molecular weight excluding hydrogens is 226 g/mol. The number of hydrogen-bond donors (Lipinski definition) is 0. The van der Waals surface area contributed by atoms with Gasteiger partial charge in [-0.15, -0.1) is 10.2 Å². The van der Waals surface area contributed by atoms with Crippen LogP contribution in [0.5, 0.6) is 0 Å². The molecule has 5 heteroatoms. The van der Waals surface area contributed by atoms with Crippen molar-refractivity contribution in [1.82, 2.24) is 24.7 Å². The van der Waals surface area contributed by atoms with Crippen LogP contribution in [0.1, 0.15) is 18.9 Å². The van der Waals surface area contributed by atoms with E-state index in [1.165, 1.54) is 12.8 Å². The second-order valence-corrected chi connectivity index (χ2v) is 4.55. The van der Waals surface area contributed by atoms with Crippen molar-refractivity contribution in [3.63, 3.8) is 0 Å². The molecule has 0 saturated heterocycles. The maximum atomic E-state index is 4.32. The first-order valence-electron chi connectivity index (χ1n) is 6.02. The predicted molar refractivity (Wildman–Crippen MR) is 66.8 cm³/mol. The van der Waals surface area contributed by atoms with Crippen molar-refractivity contribution in [3.05, 3.63) is 36.9 Å². The smallest absolute Gasteiger partial charge is 0.164 e. The molecule has 4 rings (SSSR count). The Balaban J connectivity index is 1.88. The molecule has 2 heterocycles. The van der Waals surface area contributed by atoms with Gasteiger partial charge >= 0.3 is 0 Å². The molecule has 5 nitrogen and oxygen atoms in total. The van der Waals surface area contributed by atoms with E-state index in [1.54, 1.807) is 12.4 Å². The Morgan fingerprint density at radius 3 is 2.72 bits per heavy atom. The molecule has 0 bridgehead atoms. The SMILES string of the molecule is c1cnc2cc(-c3nncn3C3CC3)ccc2n1. The number of fused-ring (bicyclic) bond motifs is 1. The molecule has 0 amide bonds. The van der Waals surface area contributed by atoms with Gasteiger partial charge in [0.25, 0.3) is 0 Å². The maximum absolute atomic E-state index is 4.32. The predicted octanol–water partition coefficient (Wildman–Crippen LogP) is 2.22. The van der Waals surface area contributed by atoms with Crippen LogP contribution in [0.15, 0.2) is 36.9 Å². The summed E-state index contributed by atoms with van der Waals surface area (Å²) in [6.45, 7) is 0. The summed E-state index contributed by atoms with van der Waals surface area (Å²) in [7, 11) is 0. The van der Waals surface area contributed by atoms with Crippen LogP contribution >= 0.6 is 0 Å². The van der Waals surface area contributed by atoms with E-state index < -0.39 is 0 Å². The van der Waals surface area contributed by atoms with Gasteiger partial charge < -0.3 is 4.57 Å². The minimum absolute atomic E-state index is 0.576. The van der Waals surface area contributed by atoms with Crippen LogP contribution in [-0.2, 0) is 0 Å². The molecular formula is C13H11N5. The van der Waals surface area contributed by atoms with Crippen LogP contribution < -0.4 is 0 Å². The molecule has 0 N–H and O–H groups in total. The first-order valence-corrected chi connectivity index (χ1v) is 6.02. The lowest BCUT2D eigenvalue weighted by Crippen LogP contribution is -1.96. The van der Waals surface area contributed by atoms with E-state index in [2.05, 4.69) is 24.7 Å². The van der Waals surface area contributed by atoms with E-state index in [9.17, 15) is 0 Å². The van der Waals surface area contributed by atoms with E-state index >= 15 is 0 Å². The van der Waals surface area contributed by atoms with Crippen molar-refractivity contribution < 1.29 is 0 Å². The molecule has 0 aliphatic heterocycles. The molecule has 88 valence electrons. The fourth-order valence-electron chi connectivity index (χ4n) is 2.17. The molecule has 1 fully saturated rings. The number of nitrogens with zero attached hydrogens (tertiary/aromatic N) is 5. The lowest BCUT2D eigenvalue weighted by molar-refractivity contribution is 0.746. The monoisotopic (exact) mass is 237 g/mol. The van der Waals surface area contributed by atoms with Crippen molar-refractivity contribution in [2.45, 2.75) is 18.9 Å². The van der Waals surface area contributed by atoms with Crippen molar-refractivity contribution >= 4 is 11.0 Å². The number of benzene rings is 1. The van der Waals surface area contributed by atoms with Gasteiger partial charge in [0.1, 0.15) is 6.33 Å². The largest absolute Gasteiger partial charge is 0.310 e. The molecule has 0 spiro atoms. The Kier molecular flexibility index (Phi) is 1.94. The molecule has 0 radical (unpaired) electrons. The third-order valence-electron chi connectivity index (χ3n) is 3.24. The highest BCUT2D eigenvalue weighted by atomic mass is 15.3. The summed E-state index contributed by atoms with van der Waals surface area (Å²) < 4.78 is 2.15. The highest BCUT2D eigenvalue weighted by Crippen LogP contribution is 2.37. The van der Waals surface area contributed by atoms with Gasteiger partial charge in [-0.05, 0) is 31.0 Å². The standard InChI is InChI=1S/C13H11N5/c1-4-11-12(15-6-5-14-11)7-9(1)13-17-16-8-18(13)10-2-3-10/h1,4-8,10H,2-3H2. The lowest BCUT2D eigenvalue weighted by atomic mass is 10.2. The third kappa shape index (κ3) is 1.48. The molecule has 0 unspecified atom stereocenters. The fraction of sp³-hybridized carbons (Fsp3) is 0.231. The molecule has 18 heavy (non-hydrogen) atoms. The normalized spacial score (nSPS) is 15.1. The van der Waals surface area contributed by atoms with Crippen LogP contribution in [0.2, 0.25) is 0 Å². The molecule has 1 saturated carbocycles. The summed E-state index contributed by atoms with van der Waals surface area (Å²) in [5, 5.41) is 8.24. The average Bonchev–Trinajstić information content (AvgIpc) is 3.16. The van der Waals surface area contributed by atoms with E-state index in [4.69, 9.17) is 0 Å². The zero-order valence-corrected chi connectivity index (χ0v) is 9.69. The third-order valence-corrected chi connectivity index (χ3v) is 3.24. The molecule has 0 atom stereocenters. The van der Waals surface area contributed by atoms with Crippen molar-refractivity contribution in [3.8, 4) is 11.4 Å². The van der Waals surface area contributed by atoms with Gasteiger partial charge in [-0.2, -0.15) is 0 Å². The summed E-state index contributed by atoms with van der Waals surface area (Å²) in [4.78, 5) is 8.59. The van der Waals surface area contributed by atoms with Crippen LogP contribution in [0.25, 0.3) is 22.4 Å². The summed E-state index contributed by atoms with van der Waals surface area (Å²) in [5.74, 6) is 0.921. The van der Waals surface area contributed by atoms with Gasteiger partial charge in [0.2, 0.25) is 0 Å². The van der Waals surface area contributed by atoms with Crippen LogP contribution in [0.3, 0.4) is 0 Å². The van der Waals surface area contributed by atoms with Crippen molar-refractivity contribution in [2.24, 2.45) is 0 Å². The molecule has 1 aliphatic rings. The Labute approximate surface area is 104 Å². The molecule has 1 aliphatic carbocycles. The molecule has 1 aromatic carbocycles. The van der Waals surface area contributed by atoms with Gasteiger partial charge in [-0.3, -0.25) is 9.97 Å². The topological polar surface area (TPSA) is 56.5 Å². The Morgan fingerprint density at radius 2 is 1.89 bits per heavy atom. The van der Waals surface area contributed by atoms with Gasteiger partial charge in [-0.1, -0.05) is 0 Å².